The first-order valence-corrected chi connectivity index (χ1v) is 7.88. The van der Waals surface area contributed by atoms with E-state index in [-0.39, 0.29) is 11.9 Å². The molecule has 0 saturated carbocycles. The number of aromatic nitrogens is 1. The third-order valence-corrected chi connectivity index (χ3v) is 4.40. The summed E-state index contributed by atoms with van der Waals surface area (Å²) in [4.78, 5) is 16.8. The molecule has 2 heterocycles. The van der Waals surface area contributed by atoms with Gasteiger partial charge in [-0.2, -0.15) is 11.8 Å². The molecule has 0 aliphatic carbocycles. The van der Waals surface area contributed by atoms with Crippen molar-refractivity contribution in [3.63, 3.8) is 0 Å². The molecular weight excluding hydrogens is 270 g/mol. The number of pyridine rings is 1. The first-order valence-electron chi connectivity index (χ1n) is 6.72. The normalized spacial score (nSPS) is 18.9. The molecule has 0 spiro atoms. The number of nitrogens with one attached hydrogen (secondary N) is 2. The van der Waals surface area contributed by atoms with Gasteiger partial charge in [-0.3, -0.25) is 9.78 Å². The Balaban J connectivity index is 1.88. The Morgan fingerprint density at radius 1 is 1.45 bits per heavy atom. The molecule has 1 saturated heterocycles. The highest BCUT2D eigenvalue weighted by Gasteiger charge is 2.21. The summed E-state index contributed by atoms with van der Waals surface area (Å²) >= 11 is 1.81. The van der Waals surface area contributed by atoms with E-state index in [0.717, 1.165) is 40.3 Å². The lowest BCUT2D eigenvalue weighted by Gasteiger charge is -2.22. The maximum atomic E-state index is 12.3. The SMILES string of the molecule is Cc1cc(NC(=O)C2CSCCN2)c2ccccc2n1. The van der Waals surface area contributed by atoms with Gasteiger partial charge in [-0.15, -0.1) is 0 Å². The first kappa shape index (κ1) is 13.4. The van der Waals surface area contributed by atoms with Crippen LogP contribution in [0.3, 0.4) is 0 Å². The van der Waals surface area contributed by atoms with E-state index in [1.54, 1.807) is 0 Å². The molecule has 1 atom stereocenters. The third kappa shape index (κ3) is 2.78. The first-order chi connectivity index (χ1) is 9.74. The van der Waals surface area contributed by atoms with Crippen molar-refractivity contribution < 1.29 is 4.79 Å². The Labute approximate surface area is 122 Å². The molecule has 1 aromatic carbocycles. The summed E-state index contributed by atoms with van der Waals surface area (Å²) in [6, 6.07) is 9.69. The number of anilines is 1. The number of thioether (sulfide) groups is 1. The molecule has 2 aromatic rings. The second-order valence-corrected chi connectivity index (χ2v) is 6.05. The standard InChI is InChI=1S/C15H17N3OS/c1-10-8-13(11-4-2-3-5-12(11)17-10)18-15(19)14-9-20-7-6-16-14/h2-5,8,14,16H,6-7,9H2,1H3,(H,17,18,19). The van der Waals surface area contributed by atoms with Crippen molar-refractivity contribution in [1.29, 1.82) is 0 Å². The van der Waals surface area contributed by atoms with Crippen molar-refractivity contribution in [3.05, 3.63) is 36.0 Å². The lowest BCUT2D eigenvalue weighted by molar-refractivity contribution is -0.117. The number of nitrogens with zero attached hydrogens (tertiary/aromatic N) is 1. The van der Waals surface area contributed by atoms with Gasteiger partial charge in [-0.1, -0.05) is 18.2 Å². The van der Waals surface area contributed by atoms with Gasteiger partial charge in [0.2, 0.25) is 5.91 Å². The van der Waals surface area contributed by atoms with E-state index in [9.17, 15) is 4.79 Å². The van der Waals surface area contributed by atoms with Crippen LogP contribution in [0.25, 0.3) is 10.9 Å². The van der Waals surface area contributed by atoms with E-state index in [2.05, 4.69) is 15.6 Å². The molecular formula is C15H17N3OS. The van der Waals surface area contributed by atoms with Crippen LogP contribution in [0.4, 0.5) is 5.69 Å². The number of amides is 1. The minimum absolute atomic E-state index is 0.0351. The van der Waals surface area contributed by atoms with Crippen molar-refractivity contribution in [2.45, 2.75) is 13.0 Å². The van der Waals surface area contributed by atoms with Gasteiger partial charge in [0.15, 0.2) is 0 Å². The lowest BCUT2D eigenvalue weighted by atomic mass is 10.1. The Bertz CT molecular complexity index is 638. The van der Waals surface area contributed by atoms with Gasteiger partial charge in [-0.05, 0) is 19.1 Å². The topological polar surface area (TPSA) is 54.0 Å². The Kier molecular flexibility index (Phi) is 3.89. The predicted octanol–water partition coefficient (Wildman–Crippen LogP) is 2.19. The van der Waals surface area contributed by atoms with Crippen LogP contribution < -0.4 is 10.6 Å². The number of fused-ring (bicyclic) bond motifs is 1. The number of aryl methyl sites for hydroxylation is 1. The van der Waals surface area contributed by atoms with E-state index in [1.807, 2.05) is 49.0 Å². The zero-order valence-corrected chi connectivity index (χ0v) is 12.2. The van der Waals surface area contributed by atoms with Crippen molar-refractivity contribution in [2.75, 3.05) is 23.4 Å². The Hall–Kier alpha value is -1.59. The van der Waals surface area contributed by atoms with Gasteiger partial charge in [0, 0.05) is 29.1 Å². The van der Waals surface area contributed by atoms with Crippen molar-refractivity contribution in [1.82, 2.24) is 10.3 Å². The van der Waals surface area contributed by atoms with Gasteiger partial charge in [0.25, 0.3) is 0 Å². The van der Waals surface area contributed by atoms with Crippen LogP contribution in [-0.4, -0.2) is 35.0 Å². The Morgan fingerprint density at radius 3 is 3.10 bits per heavy atom. The molecule has 1 aromatic heterocycles. The molecule has 2 N–H and O–H groups in total. The Morgan fingerprint density at radius 2 is 2.30 bits per heavy atom. The van der Waals surface area contributed by atoms with E-state index < -0.39 is 0 Å². The number of carbonyl (C=O) groups excluding carboxylic acids is 1. The highest BCUT2D eigenvalue weighted by Crippen LogP contribution is 2.23. The fraction of sp³-hybridized carbons (Fsp3) is 0.333. The minimum atomic E-state index is -0.110. The molecule has 1 unspecified atom stereocenters. The fourth-order valence-corrected chi connectivity index (χ4v) is 3.30. The monoisotopic (exact) mass is 287 g/mol. The minimum Gasteiger partial charge on any atom is -0.324 e. The predicted molar refractivity (Wildman–Crippen MR) is 84.2 cm³/mol. The second-order valence-electron chi connectivity index (χ2n) is 4.90. The maximum absolute atomic E-state index is 12.3. The number of benzene rings is 1. The molecule has 5 heteroatoms. The molecule has 3 rings (SSSR count). The van der Waals surface area contributed by atoms with E-state index in [1.165, 1.54) is 0 Å². The van der Waals surface area contributed by atoms with E-state index >= 15 is 0 Å². The average molecular weight is 287 g/mol. The maximum Gasteiger partial charge on any atom is 0.242 e. The summed E-state index contributed by atoms with van der Waals surface area (Å²) in [5, 5.41) is 7.28. The summed E-state index contributed by atoms with van der Waals surface area (Å²) in [7, 11) is 0. The molecule has 1 amide bonds. The number of rotatable bonds is 2. The summed E-state index contributed by atoms with van der Waals surface area (Å²) in [6.45, 7) is 2.83. The summed E-state index contributed by atoms with van der Waals surface area (Å²) in [5.41, 5.74) is 2.66. The van der Waals surface area contributed by atoms with E-state index in [4.69, 9.17) is 0 Å². The van der Waals surface area contributed by atoms with Gasteiger partial charge in [0.05, 0.1) is 17.2 Å². The molecule has 1 aliphatic heterocycles. The van der Waals surface area contributed by atoms with Gasteiger partial charge >= 0.3 is 0 Å². The summed E-state index contributed by atoms with van der Waals surface area (Å²) < 4.78 is 0. The second kappa shape index (κ2) is 5.81. The van der Waals surface area contributed by atoms with Crippen LogP contribution in [0, 0.1) is 6.92 Å². The van der Waals surface area contributed by atoms with Crippen LogP contribution in [0.5, 0.6) is 0 Å². The van der Waals surface area contributed by atoms with Crippen molar-refractivity contribution >= 4 is 34.3 Å². The zero-order chi connectivity index (χ0) is 13.9. The molecule has 104 valence electrons. The smallest absolute Gasteiger partial charge is 0.242 e. The van der Waals surface area contributed by atoms with Gasteiger partial charge < -0.3 is 10.6 Å². The zero-order valence-electron chi connectivity index (χ0n) is 11.3. The third-order valence-electron chi connectivity index (χ3n) is 3.34. The number of para-hydroxylation sites is 1. The van der Waals surface area contributed by atoms with Crippen LogP contribution in [-0.2, 0) is 4.79 Å². The number of carbonyl (C=O) groups is 1. The molecule has 4 nitrogen and oxygen atoms in total. The summed E-state index contributed by atoms with van der Waals surface area (Å²) in [5.74, 6) is 1.93. The number of hydrogen-bond donors (Lipinski definition) is 2. The average Bonchev–Trinajstić information content (AvgIpc) is 2.48. The van der Waals surface area contributed by atoms with Gasteiger partial charge in [0.1, 0.15) is 0 Å². The van der Waals surface area contributed by atoms with Crippen LogP contribution in [0.15, 0.2) is 30.3 Å². The fourth-order valence-electron chi connectivity index (χ4n) is 2.36. The highest BCUT2D eigenvalue weighted by molar-refractivity contribution is 7.99. The largest absolute Gasteiger partial charge is 0.324 e. The lowest BCUT2D eigenvalue weighted by Crippen LogP contribution is -2.46. The molecule has 0 bridgehead atoms. The van der Waals surface area contributed by atoms with Crippen molar-refractivity contribution in [3.8, 4) is 0 Å². The molecule has 20 heavy (non-hydrogen) atoms. The van der Waals surface area contributed by atoms with Crippen molar-refractivity contribution in [2.24, 2.45) is 0 Å². The number of hydrogen-bond acceptors (Lipinski definition) is 4. The van der Waals surface area contributed by atoms with E-state index in [0.29, 0.717) is 0 Å². The molecule has 0 radical (unpaired) electrons. The molecule has 1 fully saturated rings. The van der Waals surface area contributed by atoms with Crippen LogP contribution in [0.1, 0.15) is 5.69 Å². The van der Waals surface area contributed by atoms with Crippen LogP contribution >= 0.6 is 11.8 Å². The van der Waals surface area contributed by atoms with Gasteiger partial charge in [-0.25, -0.2) is 0 Å². The summed E-state index contributed by atoms with van der Waals surface area (Å²) in [6.07, 6.45) is 0. The van der Waals surface area contributed by atoms with Crippen LogP contribution in [0.2, 0.25) is 0 Å². The molecule has 1 aliphatic rings. The quantitative estimate of drug-likeness (QED) is 0.889. The highest BCUT2D eigenvalue weighted by atomic mass is 32.2.